The molecule has 0 N–H and O–H groups in total. The van der Waals surface area contributed by atoms with Crippen LogP contribution in [0.15, 0.2) is 0 Å². The van der Waals surface area contributed by atoms with Crippen LogP contribution in [0.2, 0.25) is 0 Å². The van der Waals surface area contributed by atoms with Gasteiger partial charge in [-0.1, -0.05) is 181 Å². The summed E-state index contributed by atoms with van der Waals surface area (Å²) in [6.07, 6.45) is 41.2. The quantitative estimate of drug-likeness (QED) is 0.0917. The molecule has 0 fully saturated rings. The summed E-state index contributed by atoms with van der Waals surface area (Å²) < 4.78 is 0. The van der Waals surface area contributed by atoms with Crippen LogP contribution in [0.4, 0.5) is 0 Å². The number of hydrogen-bond donors (Lipinski definition) is 0. The highest BCUT2D eigenvalue weighted by molar-refractivity contribution is 7.99. The maximum atomic E-state index is 2.31. The highest BCUT2D eigenvalue weighted by atomic mass is 32.2. The molecule has 200 valence electrons. The number of unbranched alkanes of at least 4 members (excludes halogenated alkanes) is 26. The molecule has 0 heterocycles. The van der Waals surface area contributed by atoms with E-state index in [2.05, 4.69) is 25.6 Å². The third-order valence-electron chi connectivity index (χ3n) is 7.28. The molecule has 0 atom stereocenters. The zero-order chi connectivity index (χ0) is 23.9. The molecule has 0 aliphatic heterocycles. The summed E-state index contributed by atoms with van der Waals surface area (Å²) in [5.41, 5.74) is 0. The van der Waals surface area contributed by atoms with Crippen molar-refractivity contribution in [2.45, 2.75) is 194 Å². The molecule has 33 heavy (non-hydrogen) atoms. The minimum absolute atomic E-state index is 1.37. The van der Waals surface area contributed by atoms with Crippen molar-refractivity contribution in [2.24, 2.45) is 0 Å². The van der Waals surface area contributed by atoms with Gasteiger partial charge in [0.15, 0.2) is 0 Å². The highest BCUT2D eigenvalue weighted by Crippen LogP contribution is 2.16. The molecule has 0 saturated heterocycles. The number of hydrogen-bond acceptors (Lipinski definition) is 1. The van der Waals surface area contributed by atoms with Crippen molar-refractivity contribution < 1.29 is 0 Å². The van der Waals surface area contributed by atoms with Gasteiger partial charge in [0, 0.05) is 0 Å². The molecule has 0 unspecified atom stereocenters. The highest BCUT2D eigenvalue weighted by Gasteiger charge is 1.96. The second kappa shape index (κ2) is 32.4. The van der Waals surface area contributed by atoms with Gasteiger partial charge in [0.1, 0.15) is 0 Å². The van der Waals surface area contributed by atoms with Crippen LogP contribution in [0.5, 0.6) is 0 Å². The summed E-state index contributed by atoms with van der Waals surface area (Å²) in [6.45, 7) is 4.61. The Balaban J connectivity index is 2.99. The minimum Gasteiger partial charge on any atom is -0.162 e. The second-order valence-corrected chi connectivity index (χ2v) is 12.0. The summed E-state index contributed by atoms with van der Waals surface area (Å²) >= 11 is 2.22. The molecule has 0 aliphatic carbocycles. The molecule has 0 saturated carbocycles. The van der Waals surface area contributed by atoms with Gasteiger partial charge < -0.3 is 0 Å². The Labute approximate surface area is 216 Å². The van der Waals surface area contributed by atoms with Gasteiger partial charge in [-0.2, -0.15) is 11.8 Å². The van der Waals surface area contributed by atoms with Crippen LogP contribution in [0.25, 0.3) is 0 Å². The first-order valence-electron chi connectivity index (χ1n) is 16.0. The zero-order valence-corrected chi connectivity index (χ0v) is 24.4. The van der Waals surface area contributed by atoms with Gasteiger partial charge in [-0.25, -0.2) is 0 Å². The van der Waals surface area contributed by atoms with Crippen molar-refractivity contribution in [3.8, 4) is 0 Å². The number of thioether (sulfide) groups is 1. The van der Waals surface area contributed by atoms with Gasteiger partial charge >= 0.3 is 0 Å². The van der Waals surface area contributed by atoms with Crippen molar-refractivity contribution in [3.05, 3.63) is 0 Å². The Hall–Kier alpha value is 0.350. The molecule has 0 aliphatic rings. The fraction of sp³-hybridized carbons (Fsp3) is 1.00. The normalized spacial score (nSPS) is 11.5. The van der Waals surface area contributed by atoms with E-state index in [-0.39, 0.29) is 0 Å². The van der Waals surface area contributed by atoms with E-state index in [0.717, 1.165) is 0 Å². The molecule has 0 aromatic carbocycles. The third kappa shape index (κ3) is 32.4. The van der Waals surface area contributed by atoms with Crippen molar-refractivity contribution in [1.29, 1.82) is 0 Å². The molecule has 0 nitrogen and oxygen atoms in total. The van der Waals surface area contributed by atoms with Crippen molar-refractivity contribution in [2.75, 3.05) is 11.5 Å². The van der Waals surface area contributed by atoms with Gasteiger partial charge in [0.25, 0.3) is 0 Å². The zero-order valence-electron chi connectivity index (χ0n) is 23.6. The predicted octanol–water partition coefficient (Wildman–Crippen LogP) is 12.7. The summed E-state index contributed by atoms with van der Waals surface area (Å²) in [7, 11) is 0. The lowest BCUT2D eigenvalue weighted by molar-refractivity contribution is 0.523. The average Bonchev–Trinajstić information content (AvgIpc) is 2.83. The van der Waals surface area contributed by atoms with Crippen molar-refractivity contribution in [3.63, 3.8) is 0 Å². The topological polar surface area (TPSA) is 0 Å². The average molecular weight is 483 g/mol. The first-order chi connectivity index (χ1) is 16.4. The molecule has 0 amide bonds. The maximum absolute atomic E-state index is 2.31. The monoisotopic (exact) mass is 482 g/mol. The van der Waals surface area contributed by atoms with Crippen LogP contribution in [0.3, 0.4) is 0 Å². The van der Waals surface area contributed by atoms with Crippen molar-refractivity contribution in [1.82, 2.24) is 0 Å². The Morgan fingerprint density at radius 2 is 0.424 bits per heavy atom. The SMILES string of the molecule is CCCCCCCCCCCCCCCCCCCCCCSCCCCCCCCCC. The lowest BCUT2D eigenvalue weighted by Gasteiger charge is -2.04. The second-order valence-electron chi connectivity index (χ2n) is 10.8. The molecule has 0 aromatic rings. The first-order valence-corrected chi connectivity index (χ1v) is 17.1. The van der Waals surface area contributed by atoms with Crippen molar-refractivity contribution >= 4 is 11.8 Å². The fourth-order valence-electron chi connectivity index (χ4n) is 4.90. The Morgan fingerprint density at radius 1 is 0.242 bits per heavy atom. The van der Waals surface area contributed by atoms with E-state index >= 15 is 0 Å². The van der Waals surface area contributed by atoms with Crippen LogP contribution in [0.1, 0.15) is 194 Å². The first kappa shape index (κ1) is 33.4. The molecular weight excluding hydrogens is 416 g/mol. The van der Waals surface area contributed by atoms with E-state index in [1.165, 1.54) is 191 Å². The standard InChI is InChI=1S/C32H66S/c1-3-5-7-9-11-13-14-15-16-17-18-19-20-21-22-23-24-26-28-30-32-33-31-29-27-25-12-10-8-6-4-2/h3-32H2,1-2H3. The van der Waals surface area contributed by atoms with Crippen LogP contribution < -0.4 is 0 Å². The van der Waals surface area contributed by atoms with E-state index in [1.54, 1.807) is 0 Å². The van der Waals surface area contributed by atoms with Crippen LogP contribution in [0, 0.1) is 0 Å². The molecule has 0 radical (unpaired) electrons. The van der Waals surface area contributed by atoms with Gasteiger partial charge in [-0.05, 0) is 24.3 Å². The summed E-state index contributed by atoms with van der Waals surface area (Å²) in [6, 6.07) is 0. The number of rotatable bonds is 30. The predicted molar refractivity (Wildman–Crippen MR) is 158 cm³/mol. The van der Waals surface area contributed by atoms with E-state index < -0.39 is 0 Å². The molecular formula is C32H66S. The molecule has 0 aromatic heterocycles. The lowest BCUT2D eigenvalue weighted by Crippen LogP contribution is -1.87. The Morgan fingerprint density at radius 3 is 0.636 bits per heavy atom. The molecule has 0 bridgehead atoms. The Bertz CT molecular complexity index is 284. The van der Waals surface area contributed by atoms with Gasteiger partial charge in [-0.3, -0.25) is 0 Å². The van der Waals surface area contributed by atoms with Crippen LogP contribution >= 0.6 is 11.8 Å². The van der Waals surface area contributed by atoms with E-state index in [9.17, 15) is 0 Å². The van der Waals surface area contributed by atoms with Crippen LogP contribution in [-0.4, -0.2) is 11.5 Å². The summed E-state index contributed by atoms with van der Waals surface area (Å²) in [5.74, 6) is 2.82. The summed E-state index contributed by atoms with van der Waals surface area (Å²) in [5, 5.41) is 0. The van der Waals surface area contributed by atoms with Gasteiger partial charge in [0.2, 0.25) is 0 Å². The maximum Gasteiger partial charge on any atom is -0.00675 e. The molecule has 0 spiro atoms. The Kier molecular flexibility index (Phi) is 32.7. The summed E-state index contributed by atoms with van der Waals surface area (Å²) in [4.78, 5) is 0. The largest absolute Gasteiger partial charge is 0.162 e. The molecule has 1 heteroatoms. The fourth-order valence-corrected chi connectivity index (χ4v) is 5.92. The van der Waals surface area contributed by atoms with Gasteiger partial charge in [-0.15, -0.1) is 0 Å². The van der Waals surface area contributed by atoms with Gasteiger partial charge in [0.05, 0.1) is 0 Å². The van der Waals surface area contributed by atoms with Crippen LogP contribution in [-0.2, 0) is 0 Å². The van der Waals surface area contributed by atoms with E-state index in [4.69, 9.17) is 0 Å². The van der Waals surface area contributed by atoms with E-state index in [0.29, 0.717) is 0 Å². The van der Waals surface area contributed by atoms with E-state index in [1.807, 2.05) is 0 Å². The molecule has 0 rings (SSSR count). The third-order valence-corrected chi connectivity index (χ3v) is 8.44. The lowest BCUT2D eigenvalue weighted by atomic mass is 10.0. The smallest absolute Gasteiger partial charge is 0.00675 e. The minimum atomic E-state index is 1.37.